The van der Waals surface area contributed by atoms with Gasteiger partial charge in [-0.15, -0.1) is 24.8 Å². The molecule has 10 heteroatoms. The van der Waals surface area contributed by atoms with E-state index in [0.29, 0.717) is 0 Å². The van der Waals surface area contributed by atoms with Crippen LogP contribution in [0.5, 0.6) is 11.6 Å². The van der Waals surface area contributed by atoms with Crippen LogP contribution < -0.4 is 9.47 Å². The summed E-state index contributed by atoms with van der Waals surface area (Å²) in [7, 11) is 1.10. The lowest BCUT2D eigenvalue weighted by Crippen LogP contribution is -2.18. The fraction of sp³-hybridized carbons (Fsp3) is 0.375. The number of rotatable bonds is 4. The minimum Gasteiger partial charge on any atom is -0.463 e. The van der Waals surface area contributed by atoms with Gasteiger partial charge in [-0.25, -0.2) is 0 Å². The predicted octanol–water partition coefficient (Wildman–Crippen LogP) is 2.64. The number of nitrogens with zero attached hydrogens (tertiary/aromatic N) is 2. The normalized spacial score (nSPS) is 11.2. The maximum atomic E-state index is 12.1. The first-order valence-corrected chi connectivity index (χ1v) is 4.86. The van der Waals surface area contributed by atoms with Crippen LogP contribution in [-0.4, -0.2) is 23.4 Å². The Morgan fingerprint density at radius 2 is 2.17 bits per heavy atom. The third-order valence-electron chi connectivity index (χ3n) is 1.78. The lowest BCUT2D eigenvalue weighted by molar-refractivity contribution is -0.390. The topological polar surface area (TPSA) is 74.5 Å². The third-order valence-corrected chi connectivity index (χ3v) is 2.05. The van der Waals surface area contributed by atoms with Crippen LogP contribution in [0, 0.1) is 10.1 Å². The molecule has 6 nitrogen and oxygen atoms in total. The second-order valence-corrected chi connectivity index (χ2v) is 3.17. The Hall–Kier alpha value is -1.77. The third kappa shape index (κ3) is 3.36. The Balaban J connectivity index is 3.37. The van der Waals surface area contributed by atoms with Crippen molar-refractivity contribution in [2.75, 3.05) is 7.11 Å². The Morgan fingerprint density at radius 3 is 2.56 bits per heavy atom. The second kappa shape index (κ2) is 5.25. The van der Waals surface area contributed by atoms with E-state index in [9.17, 15) is 23.3 Å². The molecule has 0 aliphatic carbocycles. The molecule has 18 heavy (non-hydrogen) atoms. The molecule has 0 atom stereocenters. The number of methoxy groups -OCH3 is 1. The summed E-state index contributed by atoms with van der Waals surface area (Å²) in [6.07, 6.45) is -5.00. The Bertz CT molecular complexity index is 466. The molecule has 0 unspecified atom stereocenters. The molecule has 0 radical (unpaired) electrons. The molecule has 0 N–H and O–H groups in total. The molecule has 0 bridgehead atoms. The highest BCUT2D eigenvalue weighted by molar-refractivity contribution is 6.17. The van der Waals surface area contributed by atoms with Crippen LogP contribution in [0.25, 0.3) is 0 Å². The highest BCUT2D eigenvalue weighted by Crippen LogP contribution is 2.35. The van der Waals surface area contributed by atoms with Crippen molar-refractivity contribution in [2.45, 2.75) is 12.2 Å². The zero-order valence-electron chi connectivity index (χ0n) is 8.82. The van der Waals surface area contributed by atoms with Crippen molar-refractivity contribution in [3.05, 3.63) is 21.7 Å². The molecule has 100 valence electrons. The lowest BCUT2D eigenvalue weighted by Gasteiger charge is -2.11. The van der Waals surface area contributed by atoms with Crippen LogP contribution in [0.15, 0.2) is 6.07 Å². The van der Waals surface area contributed by atoms with Gasteiger partial charge in [-0.05, 0) is 4.92 Å². The first-order chi connectivity index (χ1) is 8.28. The molecule has 0 saturated carbocycles. The van der Waals surface area contributed by atoms with Crippen molar-refractivity contribution < 1.29 is 27.6 Å². The van der Waals surface area contributed by atoms with Gasteiger partial charge in [0, 0.05) is 4.98 Å². The summed E-state index contributed by atoms with van der Waals surface area (Å²) in [5.41, 5.74) is -0.472. The smallest absolute Gasteiger partial charge is 0.463 e. The average Bonchev–Trinajstić information content (AvgIpc) is 2.25. The van der Waals surface area contributed by atoms with Crippen molar-refractivity contribution >= 4 is 17.4 Å². The van der Waals surface area contributed by atoms with E-state index >= 15 is 0 Å². The quantitative estimate of drug-likeness (QED) is 0.483. The number of pyridine rings is 1. The lowest BCUT2D eigenvalue weighted by atomic mass is 10.2. The number of hydrogen-bond acceptors (Lipinski definition) is 5. The molecule has 0 aliphatic heterocycles. The number of alkyl halides is 4. The Labute approximate surface area is 103 Å². The Morgan fingerprint density at radius 1 is 1.56 bits per heavy atom. The van der Waals surface area contributed by atoms with Gasteiger partial charge in [0.05, 0.1) is 19.1 Å². The van der Waals surface area contributed by atoms with Gasteiger partial charge >= 0.3 is 18.1 Å². The molecule has 1 aromatic rings. The van der Waals surface area contributed by atoms with Gasteiger partial charge in [0.2, 0.25) is 0 Å². The van der Waals surface area contributed by atoms with E-state index in [2.05, 4.69) is 14.5 Å². The molecule has 0 amide bonds. The SMILES string of the molecule is COc1cc(OC(F)(F)F)c(CCl)c([N+](=O)[O-])n1. The van der Waals surface area contributed by atoms with Crippen LogP contribution in [0.4, 0.5) is 19.0 Å². The summed E-state index contributed by atoms with van der Waals surface area (Å²) < 4.78 is 44.6. The van der Waals surface area contributed by atoms with Gasteiger partial charge in [-0.1, -0.05) is 0 Å². The van der Waals surface area contributed by atoms with Gasteiger partial charge in [-0.2, -0.15) is 0 Å². The zero-order valence-corrected chi connectivity index (χ0v) is 9.58. The van der Waals surface area contributed by atoms with Gasteiger partial charge in [0.25, 0.3) is 0 Å². The standard InChI is InChI=1S/C8H6ClF3N2O4/c1-17-6-2-5(18-8(10,11)12)4(3-9)7(13-6)14(15)16/h2H,3H2,1H3. The van der Waals surface area contributed by atoms with Crippen molar-refractivity contribution in [3.8, 4) is 11.6 Å². The molecule has 0 aliphatic rings. The molecule has 0 fully saturated rings. The zero-order chi connectivity index (χ0) is 13.9. The highest BCUT2D eigenvalue weighted by atomic mass is 35.5. The van der Waals surface area contributed by atoms with E-state index in [1.807, 2.05) is 0 Å². The van der Waals surface area contributed by atoms with E-state index in [0.717, 1.165) is 13.2 Å². The minimum atomic E-state index is -5.00. The van der Waals surface area contributed by atoms with Gasteiger partial charge in [0.1, 0.15) is 11.3 Å². The predicted molar refractivity (Wildman–Crippen MR) is 53.7 cm³/mol. The molecule has 1 rings (SSSR count). The van der Waals surface area contributed by atoms with Crippen molar-refractivity contribution in [1.82, 2.24) is 4.98 Å². The average molecular weight is 287 g/mol. The molecular formula is C8H6ClF3N2O4. The maximum Gasteiger partial charge on any atom is 0.573 e. The van der Waals surface area contributed by atoms with Crippen LogP contribution >= 0.6 is 11.6 Å². The fourth-order valence-electron chi connectivity index (χ4n) is 1.11. The highest BCUT2D eigenvalue weighted by Gasteiger charge is 2.35. The van der Waals surface area contributed by atoms with E-state index in [1.54, 1.807) is 0 Å². The summed E-state index contributed by atoms with van der Waals surface area (Å²) in [6, 6.07) is 0.776. The summed E-state index contributed by atoms with van der Waals surface area (Å²) in [5, 5.41) is 10.7. The van der Waals surface area contributed by atoms with Crippen LogP contribution in [-0.2, 0) is 5.88 Å². The monoisotopic (exact) mass is 286 g/mol. The van der Waals surface area contributed by atoms with E-state index in [4.69, 9.17) is 11.6 Å². The summed E-state index contributed by atoms with van der Waals surface area (Å²) in [5.74, 6) is -2.59. The summed E-state index contributed by atoms with van der Waals surface area (Å²) in [4.78, 5) is 13.1. The Kier molecular flexibility index (Phi) is 4.17. The van der Waals surface area contributed by atoms with Crippen molar-refractivity contribution in [2.24, 2.45) is 0 Å². The number of nitro groups is 1. The van der Waals surface area contributed by atoms with Gasteiger partial charge in [0.15, 0.2) is 0 Å². The van der Waals surface area contributed by atoms with Crippen LogP contribution in [0.2, 0.25) is 0 Å². The van der Waals surface area contributed by atoms with Crippen molar-refractivity contribution in [3.63, 3.8) is 0 Å². The molecule has 1 heterocycles. The summed E-state index contributed by atoms with van der Waals surface area (Å²) in [6.45, 7) is 0. The van der Waals surface area contributed by atoms with Crippen molar-refractivity contribution in [1.29, 1.82) is 0 Å². The van der Waals surface area contributed by atoms with Gasteiger partial charge in [-0.3, -0.25) is 0 Å². The second-order valence-electron chi connectivity index (χ2n) is 2.90. The molecule has 1 aromatic heterocycles. The first-order valence-electron chi connectivity index (χ1n) is 4.32. The molecule has 0 saturated heterocycles. The van der Waals surface area contributed by atoms with Crippen LogP contribution in [0.1, 0.15) is 5.56 Å². The number of hydrogen-bond donors (Lipinski definition) is 0. The molecule has 0 spiro atoms. The number of aromatic nitrogens is 1. The largest absolute Gasteiger partial charge is 0.573 e. The molecular weight excluding hydrogens is 281 g/mol. The fourth-order valence-corrected chi connectivity index (χ4v) is 1.36. The van der Waals surface area contributed by atoms with E-state index in [1.165, 1.54) is 0 Å². The first kappa shape index (κ1) is 14.3. The summed E-state index contributed by atoms with van der Waals surface area (Å²) >= 11 is 5.37. The maximum absolute atomic E-state index is 12.1. The minimum absolute atomic E-state index is 0.380. The van der Waals surface area contributed by atoms with E-state index in [-0.39, 0.29) is 5.88 Å². The van der Waals surface area contributed by atoms with Crippen LogP contribution in [0.3, 0.4) is 0 Å². The van der Waals surface area contributed by atoms with E-state index < -0.39 is 34.3 Å². The number of halogens is 4. The molecule has 0 aromatic carbocycles. The number of ether oxygens (including phenoxy) is 2. The van der Waals surface area contributed by atoms with Gasteiger partial charge < -0.3 is 19.6 Å².